The lowest BCUT2D eigenvalue weighted by Crippen LogP contribution is -2.58. The normalized spacial score (nSPS) is 17.9. The average Bonchev–Trinajstić information content (AvgIpc) is 3.61. The number of hydrogen-bond donors (Lipinski definition) is 4. The molecule has 2 fully saturated rings. The van der Waals surface area contributed by atoms with Crippen LogP contribution >= 0.6 is 11.3 Å². The Morgan fingerprint density at radius 3 is 2.64 bits per heavy atom. The molecule has 0 aliphatic carbocycles. The van der Waals surface area contributed by atoms with Crippen molar-refractivity contribution in [2.75, 3.05) is 52.4 Å². The number of nitrogens with zero attached hydrogens (tertiary/aromatic N) is 3. The highest BCUT2D eigenvalue weighted by Crippen LogP contribution is 2.32. The third-order valence-electron chi connectivity index (χ3n) is 8.98. The van der Waals surface area contributed by atoms with Gasteiger partial charge in [-0.1, -0.05) is 54.7 Å². The van der Waals surface area contributed by atoms with Gasteiger partial charge in [-0.15, -0.1) is 0 Å². The van der Waals surface area contributed by atoms with Crippen LogP contribution in [0.5, 0.6) is 5.75 Å². The number of piperidine rings is 1. The zero-order valence-corrected chi connectivity index (χ0v) is 26.6. The Bertz CT molecular complexity index is 1410. The fraction of sp³-hybridized carbons (Fsp3) is 0.656. The Labute approximate surface area is 262 Å². The van der Waals surface area contributed by atoms with Crippen LogP contribution in [0.1, 0.15) is 80.9 Å². The molecule has 5 rings (SSSR count). The number of thiazole rings is 1. The molecule has 2 aliphatic heterocycles. The van der Waals surface area contributed by atoms with E-state index in [2.05, 4.69) is 20.4 Å². The number of aromatic nitrogens is 2. The van der Waals surface area contributed by atoms with Gasteiger partial charge in [-0.05, 0) is 51.8 Å². The second kappa shape index (κ2) is 15.5. The Morgan fingerprint density at radius 1 is 1.14 bits per heavy atom. The zero-order chi connectivity index (χ0) is 30.9. The number of ether oxygens (including phenoxy) is 1. The number of H-pyrrole nitrogens is 1. The zero-order valence-electron chi connectivity index (χ0n) is 25.8. The molecule has 242 valence electrons. The lowest BCUT2D eigenvalue weighted by molar-refractivity contribution is -0.159. The van der Waals surface area contributed by atoms with Gasteiger partial charge < -0.3 is 39.6 Å². The van der Waals surface area contributed by atoms with E-state index in [1.54, 1.807) is 6.07 Å². The smallest absolute Gasteiger partial charge is 0.305 e. The van der Waals surface area contributed by atoms with E-state index in [1.165, 1.54) is 38.2 Å². The monoisotopic (exact) mass is 629 g/mol. The first-order valence-corrected chi connectivity index (χ1v) is 16.9. The van der Waals surface area contributed by atoms with Crippen LogP contribution in [0.4, 0.5) is 0 Å². The van der Waals surface area contributed by atoms with Crippen LogP contribution in [0.25, 0.3) is 10.2 Å². The van der Waals surface area contributed by atoms with Gasteiger partial charge in [0.1, 0.15) is 17.0 Å². The number of unbranched alkanes of at least 4 members (excludes halogenated alkanes) is 6. The van der Waals surface area contributed by atoms with E-state index in [0.29, 0.717) is 47.8 Å². The molecule has 44 heavy (non-hydrogen) atoms. The molecule has 0 unspecified atom stereocenters. The van der Waals surface area contributed by atoms with Gasteiger partial charge in [0.05, 0.1) is 35.1 Å². The first-order chi connectivity index (χ1) is 21.3. The third kappa shape index (κ3) is 8.69. The molecule has 1 aromatic carbocycles. The topological polar surface area (TPSA) is 144 Å². The molecule has 12 heteroatoms. The minimum atomic E-state index is -0.732. The second-order valence-electron chi connectivity index (χ2n) is 12.4. The molecule has 3 aromatic rings. The van der Waals surface area contributed by atoms with Gasteiger partial charge in [-0.2, -0.15) is 0 Å². The van der Waals surface area contributed by atoms with Crippen molar-refractivity contribution in [1.82, 2.24) is 25.3 Å². The highest BCUT2D eigenvalue weighted by atomic mass is 32.1. The average molecular weight is 630 g/mol. The summed E-state index contributed by atoms with van der Waals surface area (Å²) in [6, 6.07) is 5.02. The number of aromatic hydroxyl groups is 1. The summed E-state index contributed by atoms with van der Waals surface area (Å²) in [5.41, 5.74) is 1.64. The highest BCUT2D eigenvalue weighted by molar-refractivity contribution is 7.16. The number of aromatic amines is 1. The molecule has 4 N–H and O–H groups in total. The maximum Gasteiger partial charge on any atom is 0.305 e. The fourth-order valence-corrected chi connectivity index (χ4v) is 7.34. The van der Waals surface area contributed by atoms with E-state index in [4.69, 9.17) is 9.26 Å². The number of aliphatic hydroxyl groups excluding tert-OH is 1. The van der Waals surface area contributed by atoms with Gasteiger partial charge in [-0.25, -0.2) is 0 Å². The fourth-order valence-electron chi connectivity index (χ4n) is 6.42. The number of phenols is 1. The van der Waals surface area contributed by atoms with Crippen molar-refractivity contribution in [3.63, 3.8) is 0 Å². The van der Waals surface area contributed by atoms with E-state index < -0.39 is 6.10 Å². The van der Waals surface area contributed by atoms with Gasteiger partial charge in [0.2, 0.25) is 5.91 Å². The van der Waals surface area contributed by atoms with Crippen molar-refractivity contribution in [3.05, 3.63) is 44.9 Å². The number of amides is 1. The summed E-state index contributed by atoms with van der Waals surface area (Å²) in [7, 11) is 0. The van der Waals surface area contributed by atoms with Gasteiger partial charge in [0, 0.05) is 44.4 Å². The van der Waals surface area contributed by atoms with E-state index in [1.807, 2.05) is 17.9 Å². The summed E-state index contributed by atoms with van der Waals surface area (Å²) in [5, 5.41) is 27.7. The maximum atomic E-state index is 12.8. The van der Waals surface area contributed by atoms with Crippen molar-refractivity contribution >= 4 is 27.5 Å². The van der Waals surface area contributed by atoms with Crippen LogP contribution in [0.15, 0.2) is 27.5 Å². The predicted molar refractivity (Wildman–Crippen MR) is 170 cm³/mol. The highest BCUT2D eigenvalue weighted by Gasteiger charge is 2.40. The van der Waals surface area contributed by atoms with Crippen LogP contribution in [-0.2, 0) is 16.0 Å². The summed E-state index contributed by atoms with van der Waals surface area (Å²) in [6.45, 7) is 8.20. The lowest BCUT2D eigenvalue weighted by Gasteiger charge is -2.47. The molecule has 0 radical (unpaired) electrons. The molecule has 1 amide bonds. The quantitative estimate of drug-likeness (QED) is 0.184. The first-order valence-electron chi connectivity index (χ1n) is 16.1. The number of carbonyl (C=O) groups excluding carboxylic acids is 1. The van der Waals surface area contributed by atoms with Crippen molar-refractivity contribution in [1.29, 1.82) is 0 Å². The molecular weight excluding hydrogens is 582 g/mol. The summed E-state index contributed by atoms with van der Waals surface area (Å²) in [4.78, 5) is 31.4. The van der Waals surface area contributed by atoms with Crippen LogP contribution in [0.2, 0.25) is 0 Å². The lowest BCUT2D eigenvalue weighted by atomic mass is 9.89. The number of nitrogens with one attached hydrogen (secondary N) is 2. The standard InChI is InChI=1S/C32H47N5O6S/c1-23-19-24(43-35-23)20-28(40)37-17-18-42-32(22-37)11-15-36(16-12-32)14-8-6-4-2-3-5-7-13-33-21-27(39)25-9-10-26(38)29-30(25)44-31(41)34-29/h9-10,19,27,33,38-39H,2-8,11-18,20-22H2,1H3,(H,34,41)/t27-/m0/s1. The van der Waals surface area contributed by atoms with Crippen LogP contribution in [0.3, 0.4) is 0 Å². The molecule has 2 aliphatic rings. The Kier molecular flexibility index (Phi) is 11.5. The van der Waals surface area contributed by atoms with Crippen molar-refractivity contribution in [2.45, 2.75) is 82.8 Å². The van der Waals surface area contributed by atoms with Crippen LogP contribution in [0, 0.1) is 6.92 Å². The molecule has 1 spiro atoms. The van der Waals surface area contributed by atoms with Gasteiger partial charge in [0.15, 0.2) is 0 Å². The summed E-state index contributed by atoms with van der Waals surface area (Å²) in [5.74, 6) is 0.737. The first kappa shape index (κ1) is 32.6. The Hall–Kier alpha value is -2.77. The summed E-state index contributed by atoms with van der Waals surface area (Å²) in [6.07, 6.45) is 9.88. The van der Waals surface area contributed by atoms with Gasteiger partial charge in [-0.3, -0.25) is 9.59 Å². The SMILES string of the molecule is Cc1cc(CC(=O)N2CCOC3(CCN(CCCCCCCCCNC[C@H](O)c4ccc(O)c5[nH]c(=O)sc45)CC3)C2)on1. The molecular formula is C32H47N5O6S. The van der Waals surface area contributed by atoms with Crippen molar-refractivity contribution in [2.24, 2.45) is 0 Å². The molecule has 0 bridgehead atoms. The molecule has 4 heterocycles. The number of benzene rings is 1. The summed E-state index contributed by atoms with van der Waals surface area (Å²) >= 11 is 1.01. The molecule has 2 saturated heterocycles. The van der Waals surface area contributed by atoms with Crippen molar-refractivity contribution in [3.8, 4) is 5.75 Å². The molecule has 11 nitrogen and oxygen atoms in total. The van der Waals surface area contributed by atoms with Crippen LogP contribution in [-0.4, -0.2) is 94.1 Å². The van der Waals surface area contributed by atoms with Crippen LogP contribution < -0.4 is 10.2 Å². The predicted octanol–water partition coefficient (Wildman–Crippen LogP) is 3.88. The number of aryl methyl sites for hydroxylation is 1. The minimum Gasteiger partial charge on any atom is -0.506 e. The number of hydrogen-bond acceptors (Lipinski definition) is 10. The van der Waals surface area contributed by atoms with E-state index in [9.17, 15) is 19.8 Å². The third-order valence-corrected chi connectivity index (χ3v) is 9.91. The number of fused-ring (bicyclic) bond motifs is 1. The number of likely N-dealkylation sites (tertiary alicyclic amines) is 1. The van der Waals surface area contributed by atoms with Gasteiger partial charge >= 0.3 is 4.87 Å². The number of aliphatic hydroxyl groups is 1. The minimum absolute atomic E-state index is 0.0229. The van der Waals surface area contributed by atoms with Gasteiger partial charge in [0.25, 0.3) is 0 Å². The Morgan fingerprint density at radius 2 is 1.89 bits per heavy atom. The number of morpholine rings is 1. The van der Waals surface area contributed by atoms with E-state index >= 15 is 0 Å². The largest absolute Gasteiger partial charge is 0.506 e. The second-order valence-corrected chi connectivity index (χ2v) is 13.4. The van der Waals surface area contributed by atoms with E-state index in [-0.39, 0.29) is 28.6 Å². The molecule has 1 atom stereocenters. The number of carbonyl (C=O) groups is 1. The number of rotatable bonds is 15. The Balaban J connectivity index is 0.878. The number of phenolic OH excluding ortho intramolecular Hbond substituents is 1. The summed E-state index contributed by atoms with van der Waals surface area (Å²) < 4.78 is 12.1. The molecule has 0 saturated carbocycles. The van der Waals surface area contributed by atoms with E-state index in [0.717, 1.165) is 68.9 Å². The van der Waals surface area contributed by atoms with Crippen molar-refractivity contribution < 1.29 is 24.3 Å². The molecule has 2 aromatic heterocycles. The maximum absolute atomic E-state index is 12.8.